The van der Waals surface area contributed by atoms with Crippen LogP contribution in [-0.2, 0) is 9.47 Å². The lowest BCUT2D eigenvalue weighted by Gasteiger charge is -2.45. The molecule has 0 radical (unpaired) electrons. The van der Waals surface area contributed by atoms with Crippen LogP contribution >= 0.6 is 0 Å². The molecule has 0 bridgehead atoms. The van der Waals surface area contributed by atoms with Crippen molar-refractivity contribution < 1.29 is 24.1 Å². The first kappa shape index (κ1) is 17.8. The first-order chi connectivity index (χ1) is 11.3. The molecule has 1 saturated carbocycles. The Hall–Kier alpha value is -2.55. The van der Waals surface area contributed by atoms with Crippen molar-refractivity contribution >= 4 is 17.3 Å². The first-order valence-electron chi connectivity index (χ1n) is 7.49. The van der Waals surface area contributed by atoms with E-state index in [4.69, 9.17) is 9.47 Å². The summed E-state index contributed by atoms with van der Waals surface area (Å²) < 4.78 is 10.8. The Kier molecular flexibility index (Phi) is 5.13. The Morgan fingerprint density at radius 2 is 1.83 bits per heavy atom. The van der Waals surface area contributed by atoms with Gasteiger partial charge in [0.1, 0.15) is 0 Å². The number of nitro groups is 2. The van der Waals surface area contributed by atoms with Crippen LogP contribution < -0.4 is 0 Å². The van der Waals surface area contributed by atoms with E-state index in [9.17, 15) is 25.0 Å². The molecule has 1 aromatic rings. The highest BCUT2D eigenvalue weighted by Gasteiger charge is 2.44. The Bertz CT molecular complexity index is 644. The van der Waals surface area contributed by atoms with Gasteiger partial charge in [0, 0.05) is 24.2 Å². The Balaban J connectivity index is 2.12. The van der Waals surface area contributed by atoms with E-state index < -0.39 is 27.2 Å². The van der Waals surface area contributed by atoms with Crippen molar-refractivity contribution in [3.8, 4) is 0 Å². The van der Waals surface area contributed by atoms with E-state index in [1.165, 1.54) is 0 Å². The van der Waals surface area contributed by atoms with E-state index in [1.54, 1.807) is 0 Å². The monoisotopic (exact) mass is 338 g/mol. The van der Waals surface area contributed by atoms with Gasteiger partial charge in [-0.2, -0.15) is 0 Å². The lowest BCUT2D eigenvalue weighted by molar-refractivity contribution is -0.394. The van der Waals surface area contributed by atoms with Crippen molar-refractivity contribution in [2.45, 2.75) is 32.8 Å². The summed E-state index contributed by atoms with van der Waals surface area (Å²) in [6, 6.07) is 2.74. The smallest absolute Gasteiger partial charge is 0.338 e. The fourth-order valence-corrected chi connectivity index (χ4v) is 2.64. The number of ether oxygens (including phenoxy) is 2. The number of non-ortho nitro benzene ring substituents is 2. The summed E-state index contributed by atoms with van der Waals surface area (Å²) in [6.45, 7) is 4.46. The van der Waals surface area contributed by atoms with Crippen LogP contribution in [0.5, 0.6) is 0 Å². The maximum Gasteiger partial charge on any atom is 0.338 e. The highest BCUT2D eigenvalue weighted by Crippen LogP contribution is 2.43. The second kappa shape index (κ2) is 6.91. The molecule has 9 heteroatoms. The molecule has 2 rings (SSSR count). The van der Waals surface area contributed by atoms with E-state index in [2.05, 4.69) is 0 Å². The summed E-state index contributed by atoms with van der Waals surface area (Å²) in [7, 11) is 0. The maximum absolute atomic E-state index is 12.1. The third-order valence-corrected chi connectivity index (χ3v) is 4.22. The van der Waals surface area contributed by atoms with Crippen LogP contribution in [0.25, 0.3) is 0 Å². The predicted molar refractivity (Wildman–Crippen MR) is 82.8 cm³/mol. The predicted octanol–water partition coefficient (Wildman–Crippen LogP) is 2.87. The van der Waals surface area contributed by atoms with Crippen LogP contribution in [0.3, 0.4) is 0 Å². The SMILES string of the molecule is CCO[C@@H]1CC[C@@]1(C)COC(=O)c1cc([N+](=O)[O-])cc([N+](=O)[O-])c1. The normalized spacial score (nSPS) is 22.5. The Morgan fingerprint density at radius 1 is 1.25 bits per heavy atom. The zero-order valence-electron chi connectivity index (χ0n) is 13.4. The lowest BCUT2D eigenvalue weighted by Crippen LogP contribution is -2.47. The maximum atomic E-state index is 12.1. The van der Waals surface area contributed by atoms with E-state index in [0.29, 0.717) is 6.61 Å². The molecule has 0 aliphatic heterocycles. The van der Waals surface area contributed by atoms with Crippen molar-refractivity contribution in [2.24, 2.45) is 5.41 Å². The topological polar surface area (TPSA) is 122 Å². The quantitative estimate of drug-likeness (QED) is 0.425. The number of carbonyl (C=O) groups is 1. The molecule has 0 saturated heterocycles. The van der Waals surface area contributed by atoms with E-state index >= 15 is 0 Å². The van der Waals surface area contributed by atoms with Gasteiger partial charge < -0.3 is 9.47 Å². The number of benzene rings is 1. The highest BCUT2D eigenvalue weighted by atomic mass is 16.6. The van der Waals surface area contributed by atoms with Crippen LogP contribution in [0, 0.1) is 25.6 Å². The molecule has 9 nitrogen and oxygen atoms in total. The summed E-state index contributed by atoms with van der Waals surface area (Å²) >= 11 is 0. The van der Waals surface area contributed by atoms with Gasteiger partial charge in [-0.1, -0.05) is 6.92 Å². The Labute approximate surface area is 137 Å². The second-order valence-corrected chi connectivity index (χ2v) is 5.97. The minimum atomic E-state index is -0.829. The van der Waals surface area contributed by atoms with E-state index in [1.807, 2.05) is 13.8 Å². The van der Waals surface area contributed by atoms with Gasteiger partial charge in [0.2, 0.25) is 0 Å². The van der Waals surface area contributed by atoms with Crippen LogP contribution in [0.15, 0.2) is 18.2 Å². The summed E-state index contributed by atoms with van der Waals surface area (Å²) in [4.78, 5) is 32.3. The molecule has 0 unspecified atom stereocenters. The van der Waals surface area contributed by atoms with Crippen molar-refractivity contribution in [3.63, 3.8) is 0 Å². The standard InChI is InChI=1S/C15H18N2O7/c1-3-23-13-4-5-15(13,2)9-24-14(18)10-6-11(16(19)20)8-12(7-10)17(21)22/h6-8,13H,3-5,9H2,1-2H3/t13-,15+/m1/s1. The average Bonchev–Trinajstić information content (AvgIpc) is 2.55. The molecule has 1 aliphatic rings. The number of nitrogens with zero attached hydrogens (tertiary/aromatic N) is 2. The van der Waals surface area contributed by atoms with Gasteiger partial charge in [-0.25, -0.2) is 4.79 Å². The molecule has 130 valence electrons. The van der Waals surface area contributed by atoms with Gasteiger partial charge in [0.25, 0.3) is 11.4 Å². The number of hydrogen-bond donors (Lipinski definition) is 0. The van der Waals surface area contributed by atoms with Crippen LogP contribution in [0.1, 0.15) is 37.0 Å². The van der Waals surface area contributed by atoms with Crippen LogP contribution in [-0.4, -0.2) is 35.1 Å². The summed E-state index contributed by atoms with van der Waals surface area (Å²) in [5.74, 6) is -0.829. The number of esters is 1. The summed E-state index contributed by atoms with van der Waals surface area (Å²) in [5, 5.41) is 21.7. The highest BCUT2D eigenvalue weighted by molar-refractivity contribution is 5.91. The third-order valence-electron chi connectivity index (χ3n) is 4.22. The van der Waals surface area contributed by atoms with Crippen molar-refractivity contribution in [1.82, 2.24) is 0 Å². The lowest BCUT2D eigenvalue weighted by atomic mass is 9.68. The minimum absolute atomic E-state index is 0.00487. The van der Waals surface area contributed by atoms with Gasteiger partial charge in [0.05, 0.1) is 34.2 Å². The molecule has 0 aromatic heterocycles. The molecule has 0 spiro atoms. The van der Waals surface area contributed by atoms with Gasteiger partial charge in [-0.15, -0.1) is 0 Å². The summed E-state index contributed by atoms with van der Waals surface area (Å²) in [6.07, 6.45) is 1.71. The molecule has 24 heavy (non-hydrogen) atoms. The van der Waals surface area contributed by atoms with Gasteiger partial charge >= 0.3 is 5.97 Å². The largest absolute Gasteiger partial charge is 0.461 e. The Morgan fingerprint density at radius 3 is 2.25 bits per heavy atom. The third kappa shape index (κ3) is 3.67. The van der Waals surface area contributed by atoms with Crippen molar-refractivity contribution in [1.29, 1.82) is 0 Å². The number of hydrogen-bond acceptors (Lipinski definition) is 7. The van der Waals surface area contributed by atoms with E-state index in [0.717, 1.165) is 31.0 Å². The average molecular weight is 338 g/mol. The fraction of sp³-hybridized carbons (Fsp3) is 0.533. The van der Waals surface area contributed by atoms with Crippen LogP contribution in [0.2, 0.25) is 0 Å². The minimum Gasteiger partial charge on any atom is -0.461 e. The molecule has 1 aromatic carbocycles. The molecular formula is C15H18N2O7. The van der Waals surface area contributed by atoms with Gasteiger partial charge in [-0.05, 0) is 19.8 Å². The van der Waals surface area contributed by atoms with E-state index in [-0.39, 0.29) is 23.7 Å². The molecular weight excluding hydrogens is 320 g/mol. The molecule has 0 heterocycles. The zero-order valence-corrected chi connectivity index (χ0v) is 13.4. The molecule has 2 atom stereocenters. The molecule has 0 amide bonds. The second-order valence-electron chi connectivity index (χ2n) is 5.97. The number of nitro benzene ring substituents is 2. The number of rotatable bonds is 7. The van der Waals surface area contributed by atoms with Crippen LogP contribution in [0.4, 0.5) is 11.4 Å². The van der Waals surface area contributed by atoms with Crippen molar-refractivity contribution in [3.05, 3.63) is 44.0 Å². The van der Waals surface area contributed by atoms with Gasteiger partial charge in [-0.3, -0.25) is 20.2 Å². The summed E-state index contributed by atoms with van der Waals surface area (Å²) in [5.41, 5.74) is -1.58. The fourth-order valence-electron chi connectivity index (χ4n) is 2.64. The molecule has 1 fully saturated rings. The molecule has 1 aliphatic carbocycles. The van der Waals surface area contributed by atoms with Gasteiger partial charge in [0.15, 0.2) is 0 Å². The number of carbonyl (C=O) groups excluding carboxylic acids is 1. The molecule has 0 N–H and O–H groups in total. The van der Waals surface area contributed by atoms with Crippen molar-refractivity contribution in [2.75, 3.05) is 13.2 Å². The first-order valence-corrected chi connectivity index (χ1v) is 7.49. The zero-order chi connectivity index (χ0) is 17.9.